The summed E-state index contributed by atoms with van der Waals surface area (Å²) in [6.07, 6.45) is 3.39. The lowest BCUT2D eigenvalue weighted by Crippen LogP contribution is -2.24. The van der Waals surface area contributed by atoms with E-state index in [0.29, 0.717) is 18.8 Å². The van der Waals surface area contributed by atoms with Gasteiger partial charge in [0.05, 0.1) is 12.2 Å². The van der Waals surface area contributed by atoms with Crippen LogP contribution in [0.25, 0.3) is 0 Å². The van der Waals surface area contributed by atoms with Crippen LogP contribution in [0.15, 0.2) is 54.9 Å². The topological polar surface area (TPSA) is 72.7 Å². The molecule has 0 saturated carbocycles. The van der Waals surface area contributed by atoms with Gasteiger partial charge in [-0.25, -0.2) is 4.68 Å². The fraction of sp³-hybridized carbons (Fsp3) is 0.176. The van der Waals surface area contributed by atoms with Crippen LogP contribution in [0.4, 0.5) is 0 Å². The third kappa shape index (κ3) is 3.60. The highest BCUT2D eigenvalue weighted by atomic mass is 16.2. The maximum atomic E-state index is 12.3. The van der Waals surface area contributed by atoms with Crippen molar-refractivity contribution >= 4 is 5.91 Å². The number of pyridine rings is 1. The molecule has 23 heavy (non-hydrogen) atoms. The SMILES string of the molecule is Cc1c(C(=O)NCc2ccncc2)nnn1Cc1ccccc1. The Morgan fingerprint density at radius 3 is 2.57 bits per heavy atom. The molecule has 0 fully saturated rings. The monoisotopic (exact) mass is 307 g/mol. The summed E-state index contributed by atoms with van der Waals surface area (Å²) in [6.45, 7) is 2.88. The number of nitrogens with one attached hydrogen (secondary N) is 1. The van der Waals surface area contributed by atoms with Crippen LogP contribution in [0.3, 0.4) is 0 Å². The lowest BCUT2D eigenvalue weighted by molar-refractivity contribution is 0.0945. The van der Waals surface area contributed by atoms with Crippen molar-refractivity contribution in [2.75, 3.05) is 0 Å². The van der Waals surface area contributed by atoms with Crippen molar-refractivity contribution in [2.45, 2.75) is 20.0 Å². The molecule has 0 radical (unpaired) electrons. The normalized spacial score (nSPS) is 10.5. The summed E-state index contributed by atoms with van der Waals surface area (Å²) >= 11 is 0. The fourth-order valence-electron chi connectivity index (χ4n) is 2.24. The average Bonchev–Trinajstić information content (AvgIpc) is 2.95. The van der Waals surface area contributed by atoms with E-state index in [9.17, 15) is 4.79 Å². The molecule has 1 N–H and O–H groups in total. The molecule has 0 spiro atoms. The Balaban J connectivity index is 1.67. The summed E-state index contributed by atoms with van der Waals surface area (Å²) in [5.74, 6) is -0.223. The number of amides is 1. The van der Waals surface area contributed by atoms with Crippen LogP contribution in [0, 0.1) is 6.92 Å². The van der Waals surface area contributed by atoms with Crippen molar-refractivity contribution in [1.29, 1.82) is 0 Å². The van der Waals surface area contributed by atoms with Crippen LogP contribution in [0.5, 0.6) is 0 Å². The summed E-state index contributed by atoms with van der Waals surface area (Å²) in [5, 5.41) is 10.9. The van der Waals surface area contributed by atoms with Crippen molar-refractivity contribution in [3.63, 3.8) is 0 Å². The van der Waals surface area contributed by atoms with Gasteiger partial charge in [-0.1, -0.05) is 35.5 Å². The zero-order valence-electron chi connectivity index (χ0n) is 12.8. The number of nitrogens with zero attached hydrogens (tertiary/aromatic N) is 4. The zero-order valence-corrected chi connectivity index (χ0v) is 12.8. The maximum absolute atomic E-state index is 12.3. The molecule has 6 nitrogen and oxygen atoms in total. The van der Waals surface area contributed by atoms with Gasteiger partial charge in [0, 0.05) is 18.9 Å². The van der Waals surface area contributed by atoms with Crippen LogP contribution < -0.4 is 5.32 Å². The van der Waals surface area contributed by atoms with Gasteiger partial charge in [-0.2, -0.15) is 0 Å². The third-order valence-corrected chi connectivity index (χ3v) is 3.58. The molecule has 0 atom stereocenters. The molecule has 0 aliphatic carbocycles. The second-order valence-electron chi connectivity index (χ2n) is 5.20. The molecule has 3 rings (SSSR count). The first-order valence-corrected chi connectivity index (χ1v) is 7.35. The van der Waals surface area contributed by atoms with Crippen LogP contribution >= 0.6 is 0 Å². The van der Waals surface area contributed by atoms with Crippen LogP contribution in [0.1, 0.15) is 27.3 Å². The molecule has 0 saturated heterocycles. The largest absolute Gasteiger partial charge is 0.347 e. The van der Waals surface area contributed by atoms with Crippen molar-refractivity contribution in [1.82, 2.24) is 25.3 Å². The van der Waals surface area contributed by atoms with Gasteiger partial charge in [0.15, 0.2) is 5.69 Å². The van der Waals surface area contributed by atoms with Gasteiger partial charge in [0.1, 0.15) is 0 Å². The van der Waals surface area contributed by atoms with E-state index >= 15 is 0 Å². The molecule has 116 valence electrons. The molecule has 0 aliphatic heterocycles. The number of aromatic nitrogens is 4. The lowest BCUT2D eigenvalue weighted by atomic mass is 10.2. The standard InChI is InChI=1S/C17H17N5O/c1-13-16(17(23)19-11-14-7-9-18-10-8-14)20-21-22(13)12-15-5-3-2-4-6-15/h2-10H,11-12H2,1H3,(H,19,23). The summed E-state index contributed by atoms with van der Waals surface area (Å²) in [4.78, 5) is 16.2. The molecular formula is C17H17N5O. The molecule has 0 aliphatic rings. The summed E-state index contributed by atoms with van der Waals surface area (Å²) in [7, 11) is 0. The Hall–Kier alpha value is -3.02. The Kier molecular flexibility index (Phi) is 4.42. The minimum absolute atomic E-state index is 0.223. The molecule has 0 unspecified atom stereocenters. The number of hydrogen-bond acceptors (Lipinski definition) is 4. The Morgan fingerprint density at radius 2 is 1.83 bits per heavy atom. The van der Waals surface area contributed by atoms with E-state index in [4.69, 9.17) is 0 Å². The van der Waals surface area contributed by atoms with Crippen molar-refractivity contribution in [3.8, 4) is 0 Å². The Bertz CT molecular complexity index is 783. The minimum atomic E-state index is -0.223. The average molecular weight is 307 g/mol. The van der Waals surface area contributed by atoms with Gasteiger partial charge in [-0.3, -0.25) is 9.78 Å². The number of rotatable bonds is 5. The van der Waals surface area contributed by atoms with Crippen LogP contribution in [-0.4, -0.2) is 25.9 Å². The molecule has 1 amide bonds. The first-order valence-electron chi connectivity index (χ1n) is 7.35. The molecule has 0 bridgehead atoms. The van der Waals surface area contributed by atoms with E-state index in [1.54, 1.807) is 17.1 Å². The van der Waals surface area contributed by atoms with Crippen LogP contribution in [0.2, 0.25) is 0 Å². The minimum Gasteiger partial charge on any atom is -0.347 e. The smallest absolute Gasteiger partial charge is 0.274 e. The van der Waals surface area contributed by atoms with E-state index in [1.165, 1.54) is 0 Å². The molecule has 1 aromatic carbocycles. The van der Waals surface area contributed by atoms with Gasteiger partial charge >= 0.3 is 0 Å². The van der Waals surface area contributed by atoms with E-state index in [0.717, 1.165) is 16.8 Å². The molecular weight excluding hydrogens is 290 g/mol. The second-order valence-corrected chi connectivity index (χ2v) is 5.20. The highest BCUT2D eigenvalue weighted by Crippen LogP contribution is 2.08. The van der Waals surface area contributed by atoms with Gasteiger partial charge in [0.25, 0.3) is 5.91 Å². The van der Waals surface area contributed by atoms with E-state index in [1.807, 2.05) is 49.4 Å². The van der Waals surface area contributed by atoms with Gasteiger partial charge < -0.3 is 5.32 Å². The second kappa shape index (κ2) is 6.83. The molecule has 2 heterocycles. The van der Waals surface area contributed by atoms with Gasteiger partial charge in [-0.05, 0) is 30.2 Å². The fourth-order valence-corrected chi connectivity index (χ4v) is 2.24. The van der Waals surface area contributed by atoms with E-state index in [-0.39, 0.29) is 5.91 Å². The van der Waals surface area contributed by atoms with E-state index in [2.05, 4.69) is 20.6 Å². The first-order chi connectivity index (χ1) is 11.2. The van der Waals surface area contributed by atoms with Crippen molar-refractivity contribution in [3.05, 3.63) is 77.4 Å². The predicted octanol–water partition coefficient (Wildman–Crippen LogP) is 1.96. The zero-order chi connectivity index (χ0) is 16.1. The van der Waals surface area contributed by atoms with Crippen molar-refractivity contribution < 1.29 is 4.79 Å². The summed E-state index contributed by atoms with van der Waals surface area (Å²) in [5.41, 5.74) is 3.21. The molecule has 6 heteroatoms. The number of carbonyl (C=O) groups is 1. The van der Waals surface area contributed by atoms with E-state index < -0.39 is 0 Å². The molecule has 3 aromatic rings. The lowest BCUT2D eigenvalue weighted by Gasteiger charge is -2.05. The third-order valence-electron chi connectivity index (χ3n) is 3.58. The highest BCUT2D eigenvalue weighted by molar-refractivity contribution is 5.93. The van der Waals surface area contributed by atoms with Crippen LogP contribution in [-0.2, 0) is 13.1 Å². The Labute approximate surface area is 134 Å². The number of carbonyl (C=O) groups excluding carboxylic acids is 1. The molecule has 2 aromatic heterocycles. The summed E-state index contributed by atoms with van der Waals surface area (Å²) < 4.78 is 1.73. The van der Waals surface area contributed by atoms with Gasteiger partial charge in [-0.15, -0.1) is 5.10 Å². The number of hydrogen-bond donors (Lipinski definition) is 1. The Morgan fingerprint density at radius 1 is 1.09 bits per heavy atom. The first kappa shape index (κ1) is 14.9. The van der Waals surface area contributed by atoms with Crippen molar-refractivity contribution in [2.24, 2.45) is 0 Å². The highest BCUT2D eigenvalue weighted by Gasteiger charge is 2.16. The van der Waals surface area contributed by atoms with Gasteiger partial charge in [0.2, 0.25) is 0 Å². The summed E-state index contributed by atoms with van der Waals surface area (Å²) in [6, 6.07) is 13.7. The predicted molar refractivity (Wildman–Crippen MR) is 85.7 cm³/mol. The number of benzene rings is 1. The maximum Gasteiger partial charge on any atom is 0.274 e. The quantitative estimate of drug-likeness (QED) is 0.782.